The molecule has 1 aliphatic carbocycles. The van der Waals surface area contributed by atoms with E-state index in [1.807, 2.05) is 0 Å². The molecule has 0 spiro atoms. The molecule has 1 heterocycles. The number of aryl methyl sites for hydroxylation is 1. The highest BCUT2D eigenvalue weighted by molar-refractivity contribution is 5.40. The molecule has 0 aliphatic heterocycles. The Kier molecular flexibility index (Phi) is 2.83. The van der Waals surface area contributed by atoms with Gasteiger partial charge in [0, 0.05) is 6.07 Å². The number of alkyl halides is 3. The van der Waals surface area contributed by atoms with E-state index >= 15 is 0 Å². The van der Waals surface area contributed by atoms with E-state index in [1.54, 1.807) is 6.92 Å². The Balaban J connectivity index is 2.48. The first-order valence-corrected chi connectivity index (χ1v) is 5.20. The van der Waals surface area contributed by atoms with Gasteiger partial charge in [-0.3, -0.25) is 0 Å². The van der Waals surface area contributed by atoms with Gasteiger partial charge in [0.1, 0.15) is 5.54 Å². The Hall–Kier alpha value is -1.60. The van der Waals surface area contributed by atoms with E-state index in [4.69, 9.17) is 16.0 Å². The summed E-state index contributed by atoms with van der Waals surface area (Å²) in [6.07, 6.45) is -1.48. The molecule has 98 valence electrons. The predicted molar refractivity (Wildman–Crippen MR) is 58.4 cm³/mol. The first-order chi connectivity index (χ1) is 8.23. The Morgan fingerprint density at radius 3 is 2.61 bits per heavy atom. The van der Waals surface area contributed by atoms with Crippen molar-refractivity contribution in [2.45, 2.75) is 24.7 Å². The third-order valence-electron chi connectivity index (χ3n) is 2.81. The zero-order valence-electron chi connectivity index (χ0n) is 9.53. The maximum atomic E-state index is 12.7. The van der Waals surface area contributed by atoms with E-state index in [0.717, 1.165) is 12.2 Å². The van der Waals surface area contributed by atoms with Crippen LogP contribution in [0.5, 0.6) is 0 Å². The first kappa shape index (κ1) is 12.8. The topological polar surface area (TPSA) is 78.1 Å². The Bertz CT molecular complexity index is 518. The molecule has 2 atom stereocenters. The van der Waals surface area contributed by atoms with Crippen LogP contribution in [0.15, 0.2) is 34.4 Å². The number of halogens is 3. The van der Waals surface area contributed by atoms with Crippen LogP contribution in [0, 0.1) is 6.92 Å². The average Bonchev–Trinajstić information content (AvgIpc) is 2.68. The smallest absolute Gasteiger partial charge is 0.359 e. The van der Waals surface area contributed by atoms with Crippen molar-refractivity contribution in [3.8, 4) is 0 Å². The van der Waals surface area contributed by atoms with E-state index in [9.17, 15) is 13.2 Å². The fraction of sp³-hybridized carbons (Fsp3) is 0.364. The maximum absolute atomic E-state index is 12.7. The average molecular weight is 259 g/mol. The SMILES string of the molecule is Cc1cc(C2(N)C=C(C(F)(F)F)C=CC2N)on1. The van der Waals surface area contributed by atoms with Gasteiger partial charge in [-0.2, -0.15) is 13.2 Å². The quantitative estimate of drug-likeness (QED) is 0.801. The third kappa shape index (κ3) is 2.06. The molecule has 4 nitrogen and oxygen atoms in total. The molecule has 0 amide bonds. The Morgan fingerprint density at radius 1 is 1.44 bits per heavy atom. The molecule has 2 rings (SSSR count). The monoisotopic (exact) mass is 259 g/mol. The zero-order valence-corrected chi connectivity index (χ0v) is 9.53. The van der Waals surface area contributed by atoms with Crippen molar-refractivity contribution in [3.05, 3.63) is 41.3 Å². The van der Waals surface area contributed by atoms with Crippen molar-refractivity contribution in [1.82, 2.24) is 5.16 Å². The summed E-state index contributed by atoms with van der Waals surface area (Å²) in [4.78, 5) is 0. The van der Waals surface area contributed by atoms with Crippen molar-refractivity contribution in [2.75, 3.05) is 0 Å². The number of nitrogens with zero attached hydrogens (tertiary/aromatic N) is 1. The summed E-state index contributed by atoms with van der Waals surface area (Å²) in [5.41, 5.74) is 9.83. The van der Waals surface area contributed by atoms with Crippen LogP contribution in [0.4, 0.5) is 13.2 Å². The van der Waals surface area contributed by atoms with Gasteiger partial charge in [-0.15, -0.1) is 0 Å². The van der Waals surface area contributed by atoms with Crippen molar-refractivity contribution in [1.29, 1.82) is 0 Å². The fourth-order valence-corrected chi connectivity index (χ4v) is 1.75. The lowest BCUT2D eigenvalue weighted by atomic mass is 9.82. The predicted octanol–water partition coefficient (Wildman–Crippen LogP) is 1.52. The minimum atomic E-state index is -4.48. The number of rotatable bonds is 1. The van der Waals surface area contributed by atoms with Crippen LogP contribution in [-0.2, 0) is 5.54 Å². The summed E-state index contributed by atoms with van der Waals surface area (Å²) < 4.78 is 42.9. The number of nitrogens with two attached hydrogens (primary N) is 2. The summed E-state index contributed by atoms with van der Waals surface area (Å²) >= 11 is 0. The van der Waals surface area contributed by atoms with E-state index < -0.39 is 23.3 Å². The van der Waals surface area contributed by atoms with E-state index in [2.05, 4.69) is 5.16 Å². The molecule has 0 aromatic carbocycles. The van der Waals surface area contributed by atoms with Gasteiger partial charge >= 0.3 is 6.18 Å². The van der Waals surface area contributed by atoms with Gasteiger partial charge in [-0.05, 0) is 13.0 Å². The van der Waals surface area contributed by atoms with Gasteiger partial charge in [-0.1, -0.05) is 17.3 Å². The molecule has 4 N–H and O–H groups in total. The highest BCUT2D eigenvalue weighted by atomic mass is 19.4. The van der Waals surface area contributed by atoms with Crippen LogP contribution in [-0.4, -0.2) is 17.4 Å². The molecule has 1 aliphatic rings. The molecule has 0 saturated heterocycles. The second-order valence-corrected chi connectivity index (χ2v) is 4.25. The molecule has 1 aromatic heterocycles. The summed E-state index contributed by atoms with van der Waals surface area (Å²) in [5, 5.41) is 3.61. The zero-order chi connectivity index (χ0) is 13.6. The van der Waals surface area contributed by atoms with Crippen molar-refractivity contribution in [2.24, 2.45) is 11.5 Å². The number of hydrogen-bond donors (Lipinski definition) is 2. The lowest BCUT2D eigenvalue weighted by molar-refractivity contribution is -0.0892. The van der Waals surface area contributed by atoms with Gasteiger partial charge in [0.25, 0.3) is 0 Å². The van der Waals surface area contributed by atoms with Gasteiger partial charge in [-0.25, -0.2) is 0 Å². The Morgan fingerprint density at radius 2 is 2.11 bits per heavy atom. The maximum Gasteiger partial charge on any atom is 0.416 e. The fourth-order valence-electron chi connectivity index (χ4n) is 1.75. The number of allylic oxidation sites excluding steroid dienone is 2. The molecular formula is C11H12F3N3O. The van der Waals surface area contributed by atoms with Crippen LogP contribution >= 0.6 is 0 Å². The van der Waals surface area contributed by atoms with Crippen LogP contribution in [0.3, 0.4) is 0 Å². The number of hydrogen-bond acceptors (Lipinski definition) is 4. The summed E-state index contributed by atoms with van der Waals surface area (Å²) in [7, 11) is 0. The van der Waals surface area contributed by atoms with Crippen molar-refractivity contribution in [3.63, 3.8) is 0 Å². The lowest BCUT2D eigenvalue weighted by Gasteiger charge is -2.31. The van der Waals surface area contributed by atoms with Crippen LogP contribution < -0.4 is 11.5 Å². The highest BCUT2D eigenvalue weighted by Gasteiger charge is 2.43. The second kappa shape index (κ2) is 3.96. The molecular weight excluding hydrogens is 247 g/mol. The van der Waals surface area contributed by atoms with E-state index in [0.29, 0.717) is 5.69 Å². The van der Waals surface area contributed by atoms with Crippen LogP contribution in [0.1, 0.15) is 11.5 Å². The molecule has 2 unspecified atom stereocenters. The van der Waals surface area contributed by atoms with Crippen LogP contribution in [0.2, 0.25) is 0 Å². The molecule has 7 heteroatoms. The molecule has 1 aromatic rings. The summed E-state index contributed by atoms with van der Waals surface area (Å²) in [5.74, 6) is 0.110. The van der Waals surface area contributed by atoms with Gasteiger partial charge in [0.05, 0.1) is 17.3 Å². The van der Waals surface area contributed by atoms with E-state index in [-0.39, 0.29) is 5.76 Å². The van der Waals surface area contributed by atoms with E-state index in [1.165, 1.54) is 12.1 Å². The molecule has 0 radical (unpaired) electrons. The minimum Gasteiger partial charge on any atom is -0.359 e. The van der Waals surface area contributed by atoms with Crippen molar-refractivity contribution >= 4 is 0 Å². The van der Waals surface area contributed by atoms with Gasteiger partial charge in [0.2, 0.25) is 0 Å². The molecule has 18 heavy (non-hydrogen) atoms. The summed E-state index contributed by atoms with van der Waals surface area (Å²) in [6, 6.07) is 0.666. The molecule has 0 bridgehead atoms. The molecule has 0 fully saturated rings. The summed E-state index contributed by atoms with van der Waals surface area (Å²) in [6.45, 7) is 1.65. The normalized spacial score (nSPS) is 28.3. The number of aromatic nitrogens is 1. The molecule has 0 saturated carbocycles. The highest BCUT2D eigenvalue weighted by Crippen LogP contribution is 2.36. The van der Waals surface area contributed by atoms with Gasteiger partial charge < -0.3 is 16.0 Å². The Labute approximate surface area is 101 Å². The standard InChI is InChI=1S/C11H12F3N3O/c1-6-4-9(18-17-6)10(16)5-7(11(12,13)14)2-3-8(10)15/h2-5,8H,15-16H2,1H3. The second-order valence-electron chi connectivity index (χ2n) is 4.25. The minimum absolute atomic E-state index is 0.110. The van der Waals surface area contributed by atoms with Crippen molar-refractivity contribution < 1.29 is 17.7 Å². The third-order valence-corrected chi connectivity index (χ3v) is 2.81. The van der Waals surface area contributed by atoms with Crippen LogP contribution in [0.25, 0.3) is 0 Å². The van der Waals surface area contributed by atoms with Gasteiger partial charge in [0.15, 0.2) is 5.76 Å². The lowest BCUT2D eigenvalue weighted by Crippen LogP contribution is -2.51. The largest absolute Gasteiger partial charge is 0.416 e. The first-order valence-electron chi connectivity index (χ1n) is 5.20.